The second-order valence-corrected chi connectivity index (χ2v) is 10.4. The van der Waals surface area contributed by atoms with E-state index in [1.165, 1.54) is 24.3 Å². The van der Waals surface area contributed by atoms with E-state index in [4.69, 9.17) is 25.8 Å². The summed E-state index contributed by atoms with van der Waals surface area (Å²) in [5.74, 6) is -2.16. The van der Waals surface area contributed by atoms with Crippen molar-refractivity contribution < 1.29 is 32.9 Å². The molecule has 3 unspecified atom stereocenters. The summed E-state index contributed by atoms with van der Waals surface area (Å²) in [6.45, 7) is 5.45. The number of nitrogens with zero attached hydrogens (tertiary/aromatic N) is 1. The second kappa shape index (κ2) is 11.2. The van der Waals surface area contributed by atoms with Crippen molar-refractivity contribution in [2.75, 3.05) is 6.61 Å². The number of hydrogen-bond donors (Lipinski definition) is 1. The predicted octanol–water partition coefficient (Wildman–Crippen LogP) is 8.01. The van der Waals surface area contributed by atoms with Crippen molar-refractivity contribution in [1.82, 2.24) is 0 Å². The predicted molar refractivity (Wildman–Crippen MR) is 146 cm³/mol. The molecule has 1 aliphatic rings. The highest BCUT2D eigenvalue weighted by Gasteiger charge is 2.78. The number of carbonyl (C=O) groups is 1. The molecule has 208 valence electrons. The van der Waals surface area contributed by atoms with Gasteiger partial charge in [0.25, 0.3) is 0 Å². The number of rotatable bonds is 11. The lowest BCUT2D eigenvalue weighted by atomic mass is 9.78. The van der Waals surface area contributed by atoms with E-state index in [0.717, 1.165) is 6.08 Å². The summed E-state index contributed by atoms with van der Waals surface area (Å²) >= 11 is 6.07. The summed E-state index contributed by atoms with van der Waals surface area (Å²) < 4.78 is 46.1. The maximum atomic E-state index is 15.0. The molecular formula is C31H28ClF2NO5. The smallest absolute Gasteiger partial charge is 0.437 e. The van der Waals surface area contributed by atoms with Crippen LogP contribution in [0.4, 0.5) is 8.78 Å². The van der Waals surface area contributed by atoms with Gasteiger partial charge < -0.3 is 19.3 Å². The van der Waals surface area contributed by atoms with Crippen molar-refractivity contribution >= 4 is 17.6 Å². The summed E-state index contributed by atoms with van der Waals surface area (Å²) in [5, 5.41) is 19.6. The first kappa shape index (κ1) is 28.9. The van der Waals surface area contributed by atoms with Gasteiger partial charge in [-0.05, 0) is 66.4 Å². The molecule has 0 bridgehead atoms. The standard InChI is InChI=1S/C31H28ClF2NO5/c1-4-38-21-13-15-23(16-14-21)40-31(33,34)27(32)18-26-29(2,3)30(26,28(36)37)25(19-35)20-9-8-12-24(17-20)39-22-10-6-5-7-11-22/h5-18,25-26H,4H2,1-3H3,(H,36,37). The summed E-state index contributed by atoms with van der Waals surface area (Å²) in [5.41, 5.74) is -2.44. The molecule has 9 heteroatoms. The summed E-state index contributed by atoms with van der Waals surface area (Å²) in [6, 6.07) is 23.2. The number of allylic oxidation sites excluding steroid dienone is 1. The fraction of sp³-hybridized carbons (Fsp3) is 0.290. The van der Waals surface area contributed by atoms with Crippen LogP contribution in [0.5, 0.6) is 23.0 Å². The van der Waals surface area contributed by atoms with Crippen LogP contribution >= 0.6 is 11.6 Å². The van der Waals surface area contributed by atoms with Gasteiger partial charge in [0.1, 0.15) is 33.4 Å². The van der Waals surface area contributed by atoms with E-state index in [2.05, 4.69) is 6.07 Å². The zero-order chi connectivity index (χ0) is 29.1. The Morgan fingerprint density at radius 3 is 2.27 bits per heavy atom. The van der Waals surface area contributed by atoms with E-state index in [1.807, 2.05) is 6.07 Å². The van der Waals surface area contributed by atoms with Gasteiger partial charge in [-0.2, -0.15) is 14.0 Å². The van der Waals surface area contributed by atoms with E-state index in [-0.39, 0.29) is 5.75 Å². The second-order valence-electron chi connectivity index (χ2n) is 9.96. The fourth-order valence-corrected chi connectivity index (χ4v) is 5.46. The maximum Gasteiger partial charge on any atom is 0.437 e. The van der Waals surface area contributed by atoms with Crippen LogP contribution in [0, 0.1) is 28.1 Å². The maximum absolute atomic E-state index is 15.0. The van der Waals surface area contributed by atoms with Gasteiger partial charge in [-0.25, -0.2) is 0 Å². The van der Waals surface area contributed by atoms with Gasteiger partial charge in [-0.15, -0.1) is 0 Å². The molecule has 3 atom stereocenters. The van der Waals surface area contributed by atoms with Crippen LogP contribution in [0.1, 0.15) is 32.3 Å². The highest BCUT2D eigenvalue weighted by molar-refractivity contribution is 6.30. The third kappa shape index (κ3) is 5.34. The van der Waals surface area contributed by atoms with E-state index >= 15 is 8.78 Å². The first-order valence-corrected chi connectivity index (χ1v) is 13.0. The number of hydrogen-bond acceptors (Lipinski definition) is 5. The molecule has 1 saturated carbocycles. The number of halogens is 3. The van der Waals surface area contributed by atoms with Gasteiger partial charge in [-0.1, -0.05) is 61.9 Å². The molecule has 40 heavy (non-hydrogen) atoms. The van der Waals surface area contributed by atoms with Crippen LogP contribution in [0.25, 0.3) is 0 Å². The summed E-state index contributed by atoms with van der Waals surface area (Å²) in [7, 11) is 0. The Bertz CT molecular complexity index is 1440. The van der Waals surface area contributed by atoms with Gasteiger partial charge >= 0.3 is 12.1 Å². The Kier molecular flexibility index (Phi) is 8.08. The molecule has 1 aliphatic carbocycles. The normalized spacial score (nSPS) is 20.6. The molecule has 4 rings (SSSR count). The Hall–Kier alpha value is -4.09. The van der Waals surface area contributed by atoms with Crippen molar-refractivity contribution in [1.29, 1.82) is 5.26 Å². The number of ether oxygens (including phenoxy) is 3. The number of aliphatic carboxylic acids is 1. The molecule has 0 aromatic heterocycles. The lowest BCUT2D eigenvalue weighted by Crippen LogP contribution is -2.29. The van der Waals surface area contributed by atoms with E-state index in [1.54, 1.807) is 69.3 Å². The number of carboxylic acids is 1. The fourth-order valence-electron chi connectivity index (χ4n) is 5.29. The van der Waals surface area contributed by atoms with Crippen LogP contribution in [-0.4, -0.2) is 23.8 Å². The Labute approximate surface area is 236 Å². The quantitative estimate of drug-likeness (QED) is 0.252. The van der Waals surface area contributed by atoms with E-state index < -0.39 is 39.8 Å². The van der Waals surface area contributed by atoms with Crippen LogP contribution < -0.4 is 14.2 Å². The van der Waals surface area contributed by atoms with E-state index in [9.17, 15) is 15.2 Å². The van der Waals surface area contributed by atoms with Gasteiger partial charge in [0.05, 0.1) is 18.6 Å². The molecule has 1 fully saturated rings. The average Bonchev–Trinajstić information content (AvgIpc) is 3.40. The van der Waals surface area contributed by atoms with Crippen LogP contribution in [0.3, 0.4) is 0 Å². The minimum absolute atomic E-state index is 0.148. The van der Waals surface area contributed by atoms with Crippen molar-refractivity contribution in [3.05, 3.63) is 95.5 Å². The lowest BCUT2D eigenvalue weighted by molar-refractivity contribution is -0.146. The van der Waals surface area contributed by atoms with Gasteiger partial charge in [0, 0.05) is 5.92 Å². The highest BCUT2D eigenvalue weighted by Crippen LogP contribution is 2.75. The lowest BCUT2D eigenvalue weighted by Gasteiger charge is -2.22. The highest BCUT2D eigenvalue weighted by atomic mass is 35.5. The van der Waals surface area contributed by atoms with Crippen molar-refractivity contribution in [3.8, 4) is 29.1 Å². The third-order valence-corrected chi connectivity index (χ3v) is 7.68. The van der Waals surface area contributed by atoms with Gasteiger partial charge in [-0.3, -0.25) is 4.79 Å². The van der Waals surface area contributed by atoms with Gasteiger partial charge in [0.2, 0.25) is 0 Å². The molecule has 3 aromatic carbocycles. The third-order valence-electron chi connectivity index (χ3n) is 7.33. The molecule has 0 heterocycles. The Balaban J connectivity index is 1.63. The minimum atomic E-state index is -3.94. The number of carboxylic acid groups (broad SMARTS) is 1. The van der Waals surface area contributed by atoms with Crippen LogP contribution in [0.15, 0.2) is 90.0 Å². The topological polar surface area (TPSA) is 88.8 Å². The summed E-state index contributed by atoms with van der Waals surface area (Å²) in [6.07, 6.45) is -2.94. The molecule has 6 nitrogen and oxygen atoms in total. The zero-order valence-corrected chi connectivity index (χ0v) is 22.9. The SMILES string of the molecule is CCOc1ccc(OC(F)(F)C(Cl)=CC2C(C)(C)C2(C(=O)O)C(C#N)c2cccc(Oc3ccccc3)c2)cc1. The van der Waals surface area contributed by atoms with Crippen molar-refractivity contribution in [2.24, 2.45) is 16.7 Å². The molecular weight excluding hydrogens is 540 g/mol. The minimum Gasteiger partial charge on any atom is -0.494 e. The monoisotopic (exact) mass is 567 g/mol. The molecule has 0 radical (unpaired) electrons. The van der Waals surface area contributed by atoms with Gasteiger partial charge in [0.15, 0.2) is 0 Å². The molecule has 0 amide bonds. The summed E-state index contributed by atoms with van der Waals surface area (Å²) in [4.78, 5) is 12.8. The number of benzene rings is 3. The zero-order valence-electron chi connectivity index (χ0n) is 22.1. The molecule has 1 N–H and O–H groups in total. The number of alkyl halides is 2. The molecule has 0 saturated heterocycles. The Morgan fingerprint density at radius 2 is 1.68 bits per heavy atom. The molecule has 0 spiro atoms. The first-order valence-electron chi connectivity index (χ1n) is 12.6. The first-order chi connectivity index (χ1) is 19.0. The van der Waals surface area contributed by atoms with Crippen LogP contribution in [-0.2, 0) is 4.79 Å². The largest absolute Gasteiger partial charge is 0.494 e. The van der Waals surface area contributed by atoms with Crippen molar-refractivity contribution in [2.45, 2.75) is 32.8 Å². The average molecular weight is 568 g/mol. The van der Waals surface area contributed by atoms with Crippen molar-refractivity contribution in [3.63, 3.8) is 0 Å². The van der Waals surface area contributed by atoms with Crippen LogP contribution in [0.2, 0.25) is 0 Å². The number of nitriles is 1. The van der Waals surface area contributed by atoms with E-state index in [0.29, 0.717) is 29.4 Å². The Morgan fingerprint density at radius 1 is 1.05 bits per heavy atom. The molecule has 0 aliphatic heterocycles. The molecule has 3 aromatic rings. The number of para-hydroxylation sites is 1.